The van der Waals surface area contributed by atoms with Gasteiger partial charge in [-0.1, -0.05) is 6.07 Å². The van der Waals surface area contributed by atoms with Gasteiger partial charge in [0.25, 0.3) is 5.69 Å². The summed E-state index contributed by atoms with van der Waals surface area (Å²) < 4.78 is 0.417. The number of rotatable bonds is 2. The fourth-order valence-electron chi connectivity index (χ4n) is 1.16. The van der Waals surface area contributed by atoms with Crippen LogP contribution in [0.3, 0.4) is 0 Å². The fourth-order valence-corrected chi connectivity index (χ4v) is 2.34. The van der Waals surface area contributed by atoms with E-state index in [-0.39, 0.29) is 11.5 Å². The van der Waals surface area contributed by atoms with Crippen LogP contribution >= 0.6 is 22.6 Å². The molecular formula is C9H8INO3. The van der Waals surface area contributed by atoms with E-state index in [0.717, 1.165) is 0 Å². The van der Waals surface area contributed by atoms with E-state index in [0.29, 0.717) is 14.7 Å². The number of nitro benzene ring substituents is 1. The van der Waals surface area contributed by atoms with Crippen LogP contribution in [0.15, 0.2) is 12.1 Å². The fraction of sp³-hybridized carbons (Fsp3) is 0.222. The van der Waals surface area contributed by atoms with Gasteiger partial charge in [-0.05, 0) is 42.5 Å². The minimum absolute atomic E-state index is 0.0262. The molecule has 0 aromatic heterocycles. The minimum Gasteiger partial charge on any atom is -0.294 e. The summed E-state index contributed by atoms with van der Waals surface area (Å²) in [7, 11) is 0. The minimum atomic E-state index is -0.455. The van der Waals surface area contributed by atoms with Crippen molar-refractivity contribution in [3.05, 3.63) is 36.9 Å². The van der Waals surface area contributed by atoms with Crippen LogP contribution in [-0.2, 0) is 0 Å². The Morgan fingerprint density at radius 1 is 1.50 bits per heavy atom. The Labute approximate surface area is 94.6 Å². The molecule has 0 aliphatic heterocycles. The molecule has 0 unspecified atom stereocenters. The van der Waals surface area contributed by atoms with Crippen molar-refractivity contribution in [1.82, 2.24) is 0 Å². The lowest BCUT2D eigenvalue weighted by molar-refractivity contribution is -0.386. The van der Waals surface area contributed by atoms with Crippen LogP contribution < -0.4 is 0 Å². The number of aryl methyl sites for hydroxylation is 1. The van der Waals surface area contributed by atoms with E-state index in [1.807, 2.05) is 22.6 Å². The number of ketones is 1. The largest absolute Gasteiger partial charge is 0.294 e. The Hall–Kier alpha value is -0.980. The third-order valence-corrected chi connectivity index (χ3v) is 2.97. The monoisotopic (exact) mass is 305 g/mol. The van der Waals surface area contributed by atoms with Crippen LogP contribution in [-0.4, -0.2) is 10.7 Å². The number of nitrogens with zero attached hydrogens (tertiary/aromatic N) is 1. The summed E-state index contributed by atoms with van der Waals surface area (Å²) in [5, 5.41) is 10.7. The second-order valence-electron chi connectivity index (χ2n) is 2.91. The SMILES string of the molecule is CC(=O)c1ccc(C)c([N+](=O)[O-])c1I. The maximum Gasteiger partial charge on any atom is 0.286 e. The van der Waals surface area contributed by atoms with Gasteiger partial charge in [-0.2, -0.15) is 0 Å². The molecule has 0 radical (unpaired) electrons. The normalized spacial score (nSPS) is 9.93. The molecule has 4 nitrogen and oxygen atoms in total. The zero-order valence-electron chi connectivity index (χ0n) is 7.70. The molecule has 0 atom stereocenters. The van der Waals surface area contributed by atoms with Crippen LogP contribution in [0.25, 0.3) is 0 Å². The molecular weight excluding hydrogens is 297 g/mol. The van der Waals surface area contributed by atoms with Gasteiger partial charge >= 0.3 is 0 Å². The van der Waals surface area contributed by atoms with Crippen molar-refractivity contribution in [1.29, 1.82) is 0 Å². The molecule has 0 saturated heterocycles. The third kappa shape index (κ3) is 1.92. The van der Waals surface area contributed by atoms with Gasteiger partial charge in [-0.15, -0.1) is 0 Å². The second-order valence-corrected chi connectivity index (χ2v) is 3.98. The predicted octanol–water partition coefficient (Wildman–Crippen LogP) is 2.71. The van der Waals surface area contributed by atoms with E-state index in [1.54, 1.807) is 19.1 Å². The van der Waals surface area contributed by atoms with Gasteiger partial charge in [0.1, 0.15) is 3.57 Å². The van der Waals surface area contributed by atoms with Crippen LogP contribution in [0.2, 0.25) is 0 Å². The van der Waals surface area contributed by atoms with E-state index in [2.05, 4.69) is 0 Å². The number of carbonyl (C=O) groups is 1. The molecule has 0 saturated carbocycles. The zero-order valence-corrected chi connectivity index (χ0v) is 9.86. The van der Waals surface area contributed by atoms with E-state index < -0.39 is 4.92 Å². The molecule has 5 heteroatoms. The first-order chi connectivity index (χ1) is 6.45. The lowest BCUT2D eigenvalue weighted by atomic mass is 10.1. The molecule has 0 aliphatic carbocycles. The first-order valence-electron chi connectivity index (χ1n) is 3.89. The molecule has 0 amide bonds. The second kappa shape index (κ2) is 4.04. The van der Waals surface area contributed by atoms with Gasteiger partial charge in [0.15, 0.2) is 5.78 Å². The van der Waals surface area contributed by atoms with E-state index in [9.17, 15) is 14.9 Å². The average molecular weight is 305 g/mol. The Morgan fingerprint density at radius 3 is 2.50 bits per heavy atom. The van der Waals surface area contributed by atoms with Gasteiger partial charge in [-0.3, -0.25) is 14.9 Å². The number of nitro groups is 1. The van der Waals surface area contributed by atoms with E-state index in [4.69, 9.17) is 0 Å². The molecule has 0 fully saturated rings. The van der Waals surface area contributed by atoms with Crippen molar-refractivity contribution in [3.8, 4) is 0 Å². The van der Waals surface area contributed by atoms with E-state index >= 15 is 0 Å². The smallest absolute Gasteiger partial charge is 0.286 e. The lowest BCUT2D eigenvalue weighted by Gasteiger charge is -2.03. The highest BCUT2D eigenvalue weighted by molar-refractivity contribution is 14.1. The number of hydrogen-bond donors (Lipinski definition) is 0. The summed E-state index contributed by atoms with van der Waals surface area (Å²) in [5.41, 5.74) is 1.01. The quantitative estimate of drug-likeness (QED) is 0.365. The lowest BCUT2D eigenvalue weighted by Crippen LogP contribution is -2.02. The summed E-state index contributed by atoms with van der Waals surface area (Å²) in [6, 6.07) is 3.21. The van der Waals surface area contributed by atoms with Crippen molar-refractivity contribution in [3.63, 3.8) is 0 Å². The molecule has 1 aromatic rings. The summed E-state index contributed by atoms with van der Waals surface area (Å²) in [6.07, 6.45) is 0. The van der Waals surface area contributed by atoms with E-state index in [1.165, 1.54) is 6.92 Å². The van der Waals surface area contributed by atoms with Gasteiger partial charge in [0, 0.05) is 11.1 Å². The van der Waals surface area contributed by atoms with Gasteiger partial charge in [-0.25, -0.2) is 0 Å². The molecule has 14 heavy (non-hydrogen) atoms. The van der Waals surface area contributed by atoms with Gasteiger partial charge in [0.05, 0.1) is 4.92 Å². The molecule has 1 rings (SSSR count). The molecule has 0 heterocycles. The van der Waals surface area contributed by atoms with Gasteiger partial charge in [0.2, 0.25) is 0 Å². The maximum atomic E-state index is 11.1. The number of benzene rings is 1. The zero-order chi connectivity index (χ0) is 10.9. The first kappa shape index (κ1) is 11.1. The number of Topliss-reactive ketones (excluding diaryl/α,β-unsaturated/α-hetero) is 1. The third-order valence-electron chi connectivity index (χ3n) is 1.88. The Bertz CT molecular complexity index is 415. The first-order valence-corrected chi connectivity index (χ1v) is 4.97. The maximum absolute atomic E-state index is 11.1. The topological polar surface area (TPSA) is 60.2 Å². The van der Waals surface area contributed by atoms with Crippen molar-refractivity contribution in [2.75, 3.05) is 0 Å². The molecule has 1 aromatic carbocycles. The summed E-state index contributed by atoms with van der Waals surface area (Å²) in [4.78, 5) is 21.4. The molecule has 74 valence electrons. The number of carbonyl (C=O) groups excluding carboxylic acids is 1. The summed E-state index contributed by atoms with van der Waals surface area (Å²) in [6.45, 7) is 3.06. The summed E-state index contributed by atoms with van der Waals surface area (Å²) in [5.74, 6) is -0.155. The Balaban J connectivity index is 3.49. The number of halogens is 1. The molecule has 0 spiro atoms. The average Bonchev–Trinajstić information content (AvgIpc) is 2.02. The van der Waals surface area contributed by atoms with Gasteiger partial charge < -0.3 is 0 Å². The van der Waals surface area contributed by atoms with Crippen LogP contribution in [0, 0.1) is 20.6 Å². The molecule has 0 bridgehead atoms. The highest BCUT2D eigenvalue weighted by Gasteiger charge is 2.20. The van der Waals surface area contributed by atoms with Crippen LogP contribution in [0.5, 0.6) is 0 Å². The Morgan fingerprint density at radius 2 is 2.07 bits per heavy atom. The number of hydrogen-bond acceptors (Lipinski definition) is 3. The summed E-state index contributed by atoms with van der Waals surface area (Å²) >= 11 is 1.83. The van der Waals surface area contributed by atoms with Crippen molar-refractivity contribution in [2.24, 2.45) is 0 Å². The van der Waals surface area contributed by atoms with Crippen LogP contribution in [0.4, 0.5) is 5.69 Å². The highest BCUT2D eigenvalue weighted by atomic mass is 127. The standard InChI is InChI=1S/C9H8INO3/c1-5-3-4-7(6(2)12)8(10)9(5)11(13)14/h3-4H,1-2H3. The van der Waals surface area contributed by atoms with Crippen molar-refractivity contribution < 1.29 is 9.72 Å². The van der Waals surface area contributed by atoms with Crippen molar-refractivity contribution >= 4 is 34.1 Å². The van der Waals surface area contributed by atoms with Crippen LogP contribution in [0.1, 0.15) is 22.8 Å². The Kier molecular flexibility index (Phi) is 3.20. The highest BCUT2D eigenvalue weighted by Crippen LogP contribution is 2.28. The molecule has 0 N–H and O–H groups in total. The molecule has 0 aliphatic rings. The predicted molar refractivity (Wildman–Crippen MR) is 60.6 cm³/mol. The van der Waals surface area contributed by atoms with Crippen molar-refractivity contribution in [2.45, 2.75) is 13.8 Å².